The highest BCUT2D eigenvalue weighted by Crippen LogP contribution is 2.34. The molecule has 0 saturated carbocycles. The summed E-state index contributed by atoms with van der Waals surface area (Å²) in [6, 6.07) is 7.58. The van der Waals surface area contributed by atoms with Gasteiger partial charge in [0.2, 0.25) is 0 Å². The van der Waals surface area contributed by atoms with Crippen LogP contribution in [0.2, 0.25) is 0 Å². The Kier molecular flexibility index (Phi) is 6.21. The molecule has 1 aromatic carbocycles. The smallest absolute Gasteiger partial charge is 0.280 e. The zero-order chi connectivity index (χ0) is 15.1. The maximum atomic E-state index is 12.4. The van der Waals surface area contributed by atoms with Gasteiger partial charge < -0.3 is 4.74 Å². The van der Waals surface area contributed by atoms with Crippen molar-refractivity contribution in [1.82, 2.24) is 5.06 Å². The SMILES string of the molecule is CCCCCCOC1c2ccccc2C(=O)N1OCCC. The van der Waals surface area contributed by atoms with Gasteiger partial charge in [0, 0.05) is 17.7 Å². The topological polar surface area (TPSA) is 38.8 Å². The molecule has 0 radical (unpaired) electrons. The molecule has 1 heterocycles. The molecule has 0 saturated heterocycles. The Hall–Kier alpha value is -1.39. The van der Waals surface area contributed by atoms with Crippen LogP contribution in [0.3, 0.4) is 0 Å². The van der Waals surface area contributed by atoms with Gasteiger partial charge >= 0.3 is 0 Å². The monoisotopic (exact) mass is 291 g/mol. The molecule has 0 N–H and O–H groups in total. The first-order valence-electron chi connectivity index (χ1n) is 7.96. The maximum absolute atomic E-state index is 12.4. The third kappa shape index (κ3) is 3.83. The fourth-order valence-electron chi connectivity index (χ4n) is 2.46. The van der Waals surface area contributed by atoms with Gasteiger partial charge in [-0.1, -0.05) is 51.3 Å². The van der Waals surface area contributed by atoms with Crippen LogP contribution in [0.25, 0.3) is 0 Å². The second-order valence-corrected chi connectivity index (χ2v) is 5.34. The first-order valence-corrected chi connectivity index (χ1v) is 7.96. The molecule has 4 heteroatoms. The van der Waals surface area contributed by atoms with Gasteiger partial charge in [0.15, 0.2) is 6.23 Å². The molecule has 0 bridgehead atoms. The standard InChI is InChI=1S/C17H25NO3/c1-3-5-6-9-13-20-17-15-11-8-7-10-14(15)16(19)18(17)21-12-4-2/h7-8,10-11,17H,3-6,9,12-13H2,1-2H3. The zero-order valence-electron chi connectivity index (χ0n) is 13.0. The molecule has 0 aliphatic carbocycles. The summed E-state index contributed by atoms with van der Waals surface area (Å²) in [5.74, 6) is -0.0994. The number of fused-ring (bicyclic) bond motifs is 1. The molecular formula is C17H25NO3. The summed E-state index contributed by atoms with van der Waals surface area (Å²) in [7, 11) is 0. The van der Waals surface area contributed by atoms with Crippen molar-refractivity contribution in [1.29, 1.82) is 0 Å². The predicted molar refractivity (Wildman–Crippen MR) is 81.7 cm³/mol. The molecule has 0 spiro atoms. The molecule has 2 rings (SSSR count). The Bertz CT molecular complexity index is 461. The van der Waals surface area contributed by atoms with Crippen LogP contribution in [0.15, 0.2) is 24.3 Å². The minimum absolute atomic E-state index is 0.0994. The quantitative estimate of drug-likeness (QED) is 0.643. The van der Waals surface area contributed by atoms with E-state index in [-0.39, 0.29) is 5.91 Å². The van der Waals surface area contributed by atoms with Crippen LogP contribution in [0.5, 0.6) is 0 Å². The Morgan fingerprint density at radius 2 is 1.86 bits per heavy atom. The van der Waals surface area contributed by atoms with Crippen molar-refractivity contribution in [3.05, 3.63) is 35.4 Å². The number of carbonyl (C=O) groups excluding carboxylic acids is 1. The molecule has 1 unspecified atom stereocenters. The average molecular weight is 291 g/mol. The number of rotatable bonds is 9. The summed E-state index contributed by atoms with van der Waals surface area (Å²) in [5, 5.41) is 1.40. The lowest BCUT2D eigenvalue weighted by molar-refractivity contribution is -0.216. The van der Waals surface area contributed by atoms with Gasteiger partial charge in [-0.3, -0.25) is 9.63 Å². The van der Waals surface area contributed by atoms with E-state index in [0.717, 1.165) is 24.8 Å². The van der Waals surface area contributed by atoms with Crippen LogP contribution in [0.1, 0.15) is 68.1 Å². The maximum Gasteiger partial charge on any atom is 0.280 e. The molecule has 1 aliphatic rings. The van der Waals surface area contributed by atoms with Crippen molar-refractivity contribution in [2.75, 3.05) is 13.2 Å². The van der Waals surface area contributed by atoms with Gasteiger partial charge in [-0.2, -0.15) is 5.06 Å². The second kappa shape index (κ2) is 8.15. The van der Waals surface area contributed by atoms with Gasteiger partial charge in [-0.25, -0.2) is 0 Å². The Labute approximate surface area is 127 Å². The van der Waals surface area contributed by atoms with E-state index in [1.54, 1.807) is 0 Å². The third-order valence-electron chi connectivity index (χ3n) is 3.58. The van der Waals surface area contributed by atoms with E-state index < -0.39 is 6.23 Å². The van der Waals surface area contributed by atoms with Crippen LogP contribution in [0, 0.1) is 0 Å². The second-order valence-electron chi connectivity index (χ2n) is 5.34. The van der Waals surface area contributed by atoms with E-state index in [1.165, 1.54) is 17.9 Å². The molecule has 0 aromatic heterocycles. The number of hydrogen-bond donors (Lipinski definition) is 0. The number of nitrogens with zero attached hydrogens (tertiary/aromatic N) is 1. The number of unbranched alkanes of at least 4 members (excludes halogenated alkanes) is 3. The van der Waals surface area contributed by atoms with E-state index in [2.05, 4.69) is 6.92 Å². The van der Waals surface area contributed by atoms with Crippen molar-refractivity contribution in [3.8, 4) is 0 Å². The first kappa shape index (κ1) is 16.0. The summed E-state index contributed by atoms with van der Waals surface area (Å²) >= 11 is 0. The molecular weight excluding hydrogens is 266 g/mol. The summed E-state index contributed by atoms with van der Waals surface area (Å²) in [6.07, 6.45) is 5.07. The van der Waals surface area contributed by atoms with Crippen LogP contribution in [0.4, 0.5) is 0 Å². The summed E-state index contributed by atoms with van der Waals surface area (Å²) in [5.41, 5.74) is 1.60. The van der Waals surface area contributed by atoms with Gasteiger partial charge in [-0.05, 0) is 18.9 Å². The van der Waals surface area contributed by atoms with Gasteiger partial charge in [-0.15, -0.1) is 0 Å². The van der Waals surface area contributed by atoms with Crippen molar-refractivity contribution >= 4 is 5.91 Å². The lowest BCUT2D eigenvalue weighted by Gasteiger charge is -2.24. The van der Waals surface area contributed by atoms with E-state index in [4.69, 9.17) is 9.57 Å². The normalized spacial score (nSPS) is 17.3. The van der Waals surface area contributed by atoms with Gasteiger partial charge in [0.05, 0.1) is 6.61 Å². The van der Waals surface area contributed by atoms with Crippen molar-refractivity contribution in [2.24, 2.45) is 0 Å². The minimum Gasteiger partial charge on any atom is -0.352 e. The van der Waals surface area contributed by atoms with Crippen LogP contribution < -0.4 is 0 Å². The average Bonchev–Trinajstić information content (AvgIpc) is 2.78. The summed E-state index contributed by atoms with van der Waals surface area (Å²) in [6.45, 7) is 5.38. The number of hydrogen-bond acceptors (Lipinski definition) is 3. The lowest BCUT2D eigenvalue weighted by Crippen LogP contribution is -2.30. The number of carbonyl (C=O) groups is 1. The molecule has 4 nitrogen and oxygen atoms in total. The molecule has 0 fully saturated rings. The third-order valence-corrected chi connectivity index (χ3v) is 3.58. The molecule has 116 valence electrons. The number of amides is 1. The number of hydroxylamine groups is 2. The number of benzene rings is 1. The summed E-state index contributed by atoms with van der Waals surface area (Å²) in [4.78, 5) is 18.0. The number of ether oxygens (including phenoxy) is 1. The lowest BCUT2D eigenvalue weighted by atomic mass is 10.1. The van der Waals surface area contributed by atoms with E-state index >= 15 is 0 Å². The van der Waals surface area contributed by atoms with Crippen molar-refractivity contribution < 1.29 is 14.4 Å². The Morgan fingerprint density at radius 3 is 2.62 bits per heavy atom. The van der Waals surface area contributed by atoms with Crippen LogP contribution in [-0.2, 0) is 9.57 Å². The predicted octanol–water partition coefficient (Wildman–Crippen LogP) is 4.08. The fraction of sp³-hybridized carbons (Fsp3) is 0.588. The zero-order valence-corrected chi connectivity index (χ0v) is 13.0. The van der Waals surface area contributed by atoms with Crippen LogP contribution in [-0.4, -0.2) is 24.2 Å². The molecule has 1 aliphatic heterocycles. The largest absolute Gasteiger partial charge is 0.352 e. The Morgan fingerprint density at radius 1 is 1.05 bits per heavy atom. The first-order chi connectivity index (χ1) is 10.3. The molecule has 1 amide bonds. The summed E-state index contributed by atoms with van der Waals surface area (Å²) < 4.78 is 5.94. The van der Waals surface area contributed by atoms with Crippen molar-refractivity contribution in [3.63, 3.8) is 0 Å². The fourth-order valence-corrected chi connectivity index (χ4v) is 2.46. The Balaban J connectivity index is 2.01. The molecule has 1 aromatic rings. The minimum atomic E-state index is -0.401. The highest BCUT2D eigenvalue weighted by Gasteiger charge is 2.38. The van der Waals surface area contributed by atoms with Gasteiger partial charge in [0.1, 0.15) is 0 Å². The van der Waals surface area contributed by atoms with Crippen LogP contribution >= 0.6 is 0 Å². The van der Waals surface area contributed by atoms with E-state index in [1.807, 2.05) is 31.2 Å². The molecule has 21 heavy (non-hydrogen) atoms. The molecule has 1 atom stereocenters. The van der Waals surface area contributed by atoms with E-state index in [0.29, 0.717) is 18.8 Å². The van der Waals surface area contributed by atoms with E-state index in [9.17, 15) is 4.79 Å². The highest BCUT2D eigenvalue weighted by molar-refractivity contribution is 5.98. The highest BCUT2D eigenvalue weighted by atomic mass is 16.7. The van der Waals surface area contributed by atoms with Gasteiger partial charge in [0.25, 0.3) is 5.91 Å². The van der Waals surface area contributed by atoms with Crippen molar-refractivity contribution in [2.45, 2.75) is 52.2 Å².